The zero-order valence-corrected chi connectivity index (χ0v) is 10.9. The summed E-state index contributed by atoms with van der Waals surface area (Å²) in [5.41, 5.74) is 0. The van der Waals surface area contributed by atoms with Crippen molar-refractivity contribution >= 4 is 18.3 Å². The molecule has 3 aliphatic rings. The second-order valence-electron chi connectivity index (χ2n) is 5.25. The Kier molecular flexibility index (Phi) is 4.28. The van der Waals surface area contributed by atoms with Crippen LogP contribution in [0.5, 0.6) is 0 Å². The Morgan fingerprint density at radius 3 is 2.82 bits per heavy atom. The van der Waals surface area contributed by atoms with E-state index in [1.54, 1.807) is 0 Å². The topological polar surface area (TPSA) is 41.6 Å². The van der Waals surface area contributed by atoms with E-state index in [1.807, 2.05) is 4.90 Å². The summed E-state index contributed by atoms with van der Waals surface area (Å²) in [4.78, 5) is 14.2. The minimum absolute atomic E-state index is 0. The number of piperidine rings is 1. The Bertz CT molecular complexity index is 282. The highest BCUT2D eigenvalue weighted by Gasteiger charge is 2.37. The Morgan fingerprint density at radius 1 is 1.24 bits per heavy atom. The number of nitrogens with zero attached hydrogens (tertiary/aromatic N) is 1. The molecule has 3 fully saturated rings. The van der Waals surface area contributed by atoms with E-state index in [9.17, 15) is 4.79 Å². The van der Waals surface area contributed by atoms with Gasteiger partial charge in [-0.3, -0.25) is 4.79 Å². The van der Waals surface area contributed by atoms with Gasteiger partial charge in [0.15, 0.2) is 0 Å². The van der Waals surface area contributed by atoms with Gasteiger partial charge in [0.1, 0.15) is 6.10 Å². The van der Waals surface area contributed by atoms with E-state index < -0.39 is 0 Å². The fraction of sp³-hybridized carbons (Fsp3) is 0.917. The first-order valence-electron chi connectivity index (χ1n) is 6.45. The van der Waals surface area contributed by atoms with E-state index in [1.165, 1.54) is 0 Å². The van der Waals surface area contributed by atoms with Gasteiger partial charge in [0.25, 0.3) is 5.91 Å². The fourth-order valence-electron chi connectivity index (χ4n) is 3.21. The normalized spacial score (nSPS) is 36.5. The third-order valence-electron chi connectivity index (χ3n) is 4.22. The minimum atomic E-state index is -0.133. The number of fused-ring (bicyclic) bond motifs is 1. The van der Waals surface area contributed by atoms with E-state index in [0.717, 1.165) is 58.0 Å². The van der Waals surface area contributed by atoms with Gasteiger partial charge in [0.05, 0.1) is 0 Å². The lowest BCUT2D eigenvalue weighted by molar-refractivity contribution is -0.143. The number of likely N-dealkylation sites (tertiary alicyclic amines) is 1. The van der Waals surface area contributed by atoms with Crippen LogP contribution in [0, 0.1) is 11.8 Å². The van der Waals surface area contributed by atoms with Crippen LogP contribution in [0.15, 0.2) is 0 Å². The zero-order valence-electron chi connectivity index (χ0n) is 10.1. The Morgan fingerprint density at radius 2 is 2.06 bits per heavy atom. The molecule has 98 valence electrons. The van der Waals surface area contributed by atoms with Crippen molar-refractivity contribution in [2.24, 2.45) is 11.8 Å². The highest BCUT2D eigenvalue weighted by atomic mass is 35.5. The summed E-state index contributed by atoms with van der Waals surface area (Å²) in [7, 11) is 0. The molecule has 3 saturated heterocycles. The summed E-state index contributed by atoms with van der Waals surface area (Å²) in [6, 6.07) is 0. The van der Waals surface area contributed by atoms with Gasteiger partial charge in [0, 0.05) is 19.7 Å². The van der Waals surface area contributed by atoms with Gasteiger partial charge >= 0.3 is 0 Å². The molecule has 1 amide bonds. The van der Waals surface area contributed by atoms with Gasteiger partial charge < -0.3 is 15.0 Å². The molecule has 0 aromatic rings. The Labute approximate surface area is 108 Å². The van der Waals surface area contributed by atoms with Crippen molar-refractivity contribution in [3.8, 4) is 0 Å². The van der Waals surface area contributed by atoms with Crippen molar-refractivity contribution < 1.29 is 9.53 Å². The minimum Gasteiger partial charge on any atom is -0.368 e. The predicted octanol–water partition coefficient (Wildman–Crippen LogP) is 0.655. The van der Waals surface area contributed by atoms with Crippen LogP contribution in [-0.4, -0.2) is 49.7 Å². The molecule has 5 heteroatoms. The summed E-state index contributed by atoms with van der Waals surface area (Å²) < 4.78 is 5.47. The first kappa shape index (κ1) is 13.1. The first-order valence-corrected chi connectivity index (χ1v) is 6.45. The van der Waals surface area contributed by atoms with E-state index >= 15 is 0 Å². The van der Waals surface area contributed by atoms with Crippen molar-refractivity contribution in [1.82, 2.24) is 10.2 Å². The van der Waals surface area contributed by atoms with Crippen LogP contribution in [0.1, 0.15) is 19.3 Å². The number of amides is 1. The molecule has 3 aliphatic heterocycles. The van der Waals surface area contributed by atoms with E-state index in [-0.39, 0.29) is 24.4 Å². The zero-order chi connectivity index (χ0) is 11.0. The third kappa shape index (κ3) is 2.59. The molecule has 17 heavy (non-hydrogen) atoms. The van der Waals surface area contributed by atoms with Crippen molar-refractivity contribution in [3.05, 3.63) is 0 Å². The highest BCUT2D eigenvalue weighted by molar-refractivity contribution is 5.85. The Balaban J connectivity index is 0.00000108. The largest absolute Gasteiger partial charge is 0.368 e. The molecule has 3 rings (SSSR count). The molecule has 1 N–H and O–H groups in total. The van der Waals surface area contributed by atoms with Gasteiger partial charge in [-0.25, -0.2) is 0 Å². The second kappa shape index (κ2) is 5.55. The molecule has 2 unspecified atom stereocenters. The molecule has 0 bridgehead atoms. The smallest absolute Gasteiger partial charge is 0.251 e. The van der Waals surface area contributed by atoms with Gasteiger partial charge in [-0.1, -0.05) is 0 Å². The number of halogens is 1. The fourth-order valence-corrected chi connectivity index (χ4v) is 3.21. The summed E-state index contributed by atoms with van der Waals surface area (Å²) in [5.74, 6) is 1.72. The van der Waals surface area contributed by atoms with Gasteiger partial charge in [-0.2, -0.15) is 0 Å². The van der Waals surface area contributed by atoms with Gasteiger partial charge in [-0.15, -0.1) is 12.4 Å². The maximum Gasteiger partial charge on any atom is 0.251 e. The van der Waals surface area contributed by atoms with Crippen LogP contribution >= 0.6 is 12.4 Å². The van der Waals surface area contributed by atoms with E-state index in [4.69, 9.17) is 4.74 Å². The molecule has 0 spiro atoms. The summed E-state index contributed by atoms with van der Waals surface area (Å²) >= 11 is 0. The maximum absolute atomic E-state index is 12.2. The van der Waals surface area contributed by atoms with Crippen LogP contribution in [0.4, 0.5) is 0 Å². The van der Waals surface area contributed by atoms with Crippen molar-refractivity contribution in [2.45, 2.75) is 25.4 Å². The van der Waals surface area contributed by atoms with E-state index in [0.29, 0.717) is 5.92 Å². The molecule has 0 aliphatic carbocycles. The van der Waals surface area contributed by atoms with Crippen LogP contribution in [0.25, 0.3) is 0 Å². The lowest BCUT2D eigenvalue weighted by atomic mass is 9.88. The van der Waals surface area contributed by atoms with Crippen LogP contribution < -0.4 is 5.32 Å². The monoisotopic (exact) mass is 260 g/mol. The third-order valence-corrected chi connectivity index (χ3v) is 4.22. The molecule has 0 radical (unpaired) electrons. The van der Waals surface area contributed by atoms with Gasteiger partial charge in [-0.05, 0) is 44.2 Å². The second-order valence-corrected chi connectivity index (χ2v) is 5.25. The summed E-state index contributed by atoms with van der Waals surface area (Å²) in [5, 5.41) is 3.42. The molecule has 0 aromatic heterocycles. The molecule has 0 aromatic carbocycles. The number of hydrogen-bond acceptors (Lipinski definition) is 3. The molecule has 3 heterocycles. The standard InChI is InChI=1S/C12H20N2O2.ClH/c15-12(11-2-1-5-16-11)14-4-3-9-6-13-7-10(9)8-14;/h9-11,13H,1-8H2;1H/t9?,10?,11-;/m1./s1. The van der Waals surface area contributed by atoms with Crippen LogP contribution in [-0.2, 0) is 9.53 Å². The first-order chi connectivity index (χ1) is 7.84. The average molecular weight is 261 g/mol. The molecule has 4 nitrogen and oxygen atoms in total. The van der Waals surface area contributed by atoms with Crippen molar-refractivity contribution in [2.75, 3.05) is 32.8 Å². The predicted molar refractivity (Wildman–Crippen MR) is 67.3 cm³/mol. The lowest BCUT2D eigenvalue weighted by Crippen LogP contribution is -2.47. The summed E-state index contributed by atoms with van der Waals surface area (Å²) in [6.45, 7) is 4.86. The SMILES string of the molecule is Cl.O=C([C@H]1CCCO1)N1CCC2CNCC2C1. The number of rotatable bonds is 1. The molecule has 0 saturated carbocycles. The number of hydrogen-bond donors (Lipinski definition) is 1. The van der Waals surface area contributed by atoms with Gasteiger partial charge in [0.2, 0.25) is 0 Å². The highest BCUT2D eigenvalue weighted by Crippen LogP contribution is 2.27. The number of nitrogens with one attached hydrogen (secondary N) is 1. The lowest BCUT2D eigenvalue weighted by Gasteiger charge is -2.35. The number of carbonyl (C=O) groups is 1. The number of carbonyl (C=O) groups excluding carboxylic acids is 1. The van der Waals surface area contributed by atoms with Crippen LogP contribution in [0.3, 0.4) is 0 Å². The molecular weight excluding hydrogens is 240 g/mol. The van der Waals surface area contributed by atoms with Crippen molar-refractivity contribution in [3.63, 3.8) is 0 Å². The number of ether oxygens (including phenoxy) is 1. The average Bonchev–Trinajstić information content (AvgIpc) is 2.98. The summed E-state index contributed by atoms with van der Waals surface area (Å²) in [6.07, 6.45) is 2.99. The van der Waals surface area contributed by atoms with Crippen molar-refractivity contribution in [1.29, 1.82) is 0 Å². The molecular formula is C12H21ClN2O2. The Hall–Kier alpha value is -0.320. The van der Waals surface area contributed by atoms with E-state index in [2.05, 4.69) is 5.32 Å². The maximum atomic E-state index is 12.2. The molecule has 3 atom stereocenters. The van der Waals surface area contributed by atoms with Crippen LogP contribution in [0.2, 0.25) is 0 Å². The quantitative estimate of drug-likeness (QED) is 0.753.